The number of benzene rings is 1. The molecule has 0 atom stereocenters. The molecule has 2 aromatic heterocycles. The van der Waals surface area contributed by atoms with Crippen LogP contribution < -0.4 is 16.4 Å². The van der Waals surface area contributed by atoms with Crippen molar-refractivity contribution in [3.8, 4) is 0 Å². The van der Waals surface area contributed by atoms with E-state index in [0.717, 1.165) is 42.5 Å². The number of nitrogens with one attached hydrogen (secondary N) is 2. The predicted molar refractivity (Wildman–Crippen MR) is 117 cm³/mol. The van der Waals surface area contributed by atoms with Gasteiger partial charge < -0.3 is 9.73 Å². The van der Waals surface area contributed by atoms with Crippen molar-refractivity contribution in [1.82, 2.24) is 10.4 Å². The van der Waals surface area contributed by atoms with Crippen molar-refractivity contribution in [3.05, 3.63) is 62.3 Å². The van der Waals surface area contributed by atoms with E-state index in [-0.39, 0.29) is 11.5 Å². The lowest BCUT2D eigenvalue weighted by atomic mass is 10.0. The van der Waals surface area contributed by atoms with Crippen LogP contribution in [0.5, 0.6) is 0 Å². The van der Waals surface area contributed by atoms with Gasteiger partial charge in [0.15, 0.2) is 0 Å². The summed E-state index contributed by atoms with van der Waals surface area (Å²) in [6.45, 7) is 0. The van der Waals surface area contributed by atoms with Crippen LogP contribution in [0, 0.1) is 0 Å². The van der Waals surface area contributed by atoms with Crippen LogP contribution >= 0.6 is 11.3 Å². The number of nitrogens with zero attached hydrogens (tertiary/aromatic N) is 1. The molecule has 2 heterocycles. The highest BCUT2D eigenvalue weighted by Gasteiger charge is 2.27. The molecule has 0 unspecified atom stereocenters. The Hall–Kier alpha value is -2.97. The molecular weight excluding hydrogens is 402 g/mol. The second kappa shape index (κ2) is 8.41. The van der Waals surface area contributed by atoms with E-state index in [1.807, 2.05) is 6.07 Å². The summed E-state index contributed by atoms with van der Waals surface area (Å²) in [5.41, 5.74) is 3.89. The number of thiophene rings is 1. The third-order valence-electron chi connectivity index (χ3n) is 5.09. The summed E-state index contributed by atoms with van der Waals surface area (Å²) < 4.78 is 5.28. The number of hydrogen-bond donors (Lipinski definition) is 2. The Balaban J connectivity index is 1.72. The number of carbonyl (C=O) groups is 2. The van der Waals surface area contributed by atoms with Gasteiger partial charge in [-0.15, -0.1) is 11.3 Å². The summed E-state index contributed by atoms with van der Waals surface area (Å²) in [5.74, 6) is -0.843. The molecular formula is C22H23N3O4S. The quantitative estimate of drug-likeness (QED) is 0.379. The van der Waals surface area contributed by atoms with Crippen LogP contribution in [0.4, 0.5) is 5.00 Å². The average molecular weight is 426 g/mol. The van der Waals surface area contributed by atoms with E-state index in [4.69, 9.17) is 4.42 Å². The lowest BCUT2D eigenvalue weighted by Gasteiger charge is -2.14. The van der Waals surface area contributed by atoms with Crippen LogP contribution in [-0.4, -0.2) is 30.9 Å². The predicted octanol–water partition coefficient (Wildman–Crippen LogP) is 3.58. The SMILES string of the molecule is CN(C)NC(=O)c1c(NC(=O)c2cc3ccccc3oc2=O)sc2c1CCCCC2. The van der Waals surface area contributed by atoms with E-state index >= 15 is 0 Å². The van der Waals surface area contributed by atoms with Gasteiger partial charge in [-0.3, -0.25) is 15.0 Å². The molecule has 0 saturated carbocycles. The Morgan fingerprint density at radius 2 is 1.83 bits per heavy atom. The summed E-state index contributed by atoms with van der Waals surface area (Å²) in [4.78, 5) is 39.3. The molecule has 0 aliphatic heterocycles. The number of hydrazine groups is 1. The van der Waals surface area contributed by atoms with E-state index in [1.165, 1.54) is 17.4 Å². The van der Waals surface area contributed by atoms with Crippen LogP contribution in [0.25, 0.3) is 11.0 Å². The standard InChI is InChI=1S/C22H23N3O4S/c1-25(2)24-20(27)18-14-9-4-3-5-11-17(14)30-21(18)23-19(26)15-12-13-8-6-7-10-16(13)29-22(15)28/h6-8,10,12H,3-5,9,11H2,1-2H3,(H,23,26)(H,24,27). The van der Waals surface area contributed by atoms with Crippen LogP contribution in [-0.2, 0) is 12.8 Å². The molecule has 3 aromatic rings. The fourth-order valence-electron chi connectivity index (χ4n) is 3.72. The second-order valence-corrected chi connectivity index (χ2v) is 8.65. The number of para-hydroxylation sites is 1. The molecule has 0 bridgehead atoms. The van der Waals surface area contributed by atoms with Crippen molar-refractivity contribution in [2.75, 3.05) is 19.4 Å². The topological polar surface area (TPSA) is 91.7 Å². The largest absolute Gasteiger partial charge is 0.422 e. The van der Waals surface area contributed by atoms with Gasteiger partial charge in [-0.2, -0.15) is 0 Å². The first-order chi connectivity index (χ1) is 14.4. The molecule has 0 fully saturated rings. The van der Waals surface area contributed by atoms with Crippen LogP contribution in [0.2, 0.25) is 0 Å². The normalized spacial score (nSPS) is 13.7. The maximum Gasteiger partial charge on any atom is 0.349 e. The van der Waals surface area contributed by atoms with Crippen molar-refractivity contribution < 1.29 is 14.0 Å². The molecule has 8 heteroatoms. The fourth-order valence-corrected chi connectivity index (χ4v) is 5.00. The number of fused-ring (bicyclic) bond motifs is 2. The Bertz CT molecular complexity index is 1180. The van der Waals surface area contributed by atoms with Crippen molar-refractivity contribution in [2.45, 2.75) is 32.1 Å². The molecule has 0 saturated heterocycles. The van der Waals surface area contributed by atoms with E-state index in [2.05, 4.69) is 10.7 Å². The zero-order valence-corrected chi connectivity index (χ0v) is 17.7. The lowest BCUT2D eigenvalue weighted by molar-refractivity contribution is 0.0857. The lowest BCUT2D eigenvalue weighted by Crippen LogP contribution is -2.37. The van der Waals surface area contributed by atoms with Crippen molar-refractivity contribution in [3.63, 3.8) is 0 Å². The Labute approximate surface area is 177 Å². The number of anilines is 1. The van der Waals surface area contributed by atoms with Gasteiger partial charge in [0.25, 0.3) is 11.8 Å². The Kier molecular flexibility index (Phi) is 5.69. The molecule has 1 aliphatic rings. The van der Waals surface area contributed by atoms with Gasteiger partial charge in [-0.1, -0.05) is 24.6 Å². The molecule has 0 spiro atoms. The molecule has 0 radical (unpaired) electrons. The highest BCUT2D eigenvalue weighted by Crippen LogP contribution is 2.37. The van der Waals surface area contributed by atoms with E-state index in [0.29, 0.717) is 21.5 Å². The number of carbonyl (C=O) groups excluding carboxylic acids is 2. The molecule has 1 aliphatic carbocycles. The molecule has 4 rings (SSSR count). The maximum absolute atomic E-state index is 12.9. The van der Waals surface area contributed by atoms with Crippen LogP contribution in [0.1, 0.15) is 50.4 Å². The molecule has 2 N–H and O–H groups in total. The highest BCUT2D eigenvalue weighted by molar-refractivity contribution is 7.17. The second-order valence-electron chi connectivity index (χ2n) is 7.54. The van der Waals surface area contributed by atoms with E-state index < -0.39 is 11.5 Å². The first-order valence-corrected chi connectivity index (χ1v) is 10.7. The van der Waals surface area contributed by atoms with Gasteiger partial charge in [0.2, 0.25) is 0 Å². The van der Waals surface area contributed by atoms with Gasteiger partial charge in [0, 0.05) is 24.4 Å². The number of rotatable bonds is 4. The van der Waals surface area contributed by atoms with Crippen LogP contribution in [0.3, 0.4) is 0 Å². The van der Waals surface area contributed by atoms with Gasteiger partial charge >= 0.3 is 5.63 Å². The van der Waals surface area contributed by atoms with Crippen LogP contribution in [0.15, 0.2) is 39.5 Å². The smallest absolute Gasteiger partial charge is 0.349 e. The first-order valence-electron chi connectivity index (χ1n) is 9.91. The van der Waals surface area contributed by atoms with Gasteiger partial charge in [-0.05, 0) is 43.4 Å². The molecule has 30 heavy (non-hydrogen) atoms. The summed E-state index contributed by atoms with van der Waals surface area (Å²) in [6.07, 6.45) is 4.87. The third kappa shape index (κ3) is 4.01. The number of aryl methyl sites for hydroxylation is 1. The minimum absolute atomic E-state index is 0.0868. The number of amides is 2. The van der Waals surface area contributed by atoms with Crippen molar-refractivity contribution in [1.29, 1.82) is 0 Å². The molecule has 156 valence electrons. The van der Waals surface area contributed by atoms with Gasteiger partial charge in [-0.25, -0.2) is 9.80 Å². The average Bonchev–Trinajstić information content (AvgIpc) is 2.87. The molecule has 2 amide bonds. The molecule has 1 aromatic carbocycles. The third-order valence-corrected chi connectivity index (χ3v) is 6.29. The minimum atomic E-state index is -0.705. The molecule has 7 nitrogen and oxygen atoms in total. The summed E-state index contributed by atoms with van der Waals surface area (Å²) in [6, 6.07) is 8.55. The van der Waals surface area contributed by atoms with E-state index in [9.17, 15) is 14.4 Å². The summed E-state index contributed by atoms with van der Waals surface area (Å²) in [5, 5.41) is 5.51. The minimum Gasteiger partial charge on any atom is -0.422 e. The maximum atomic E-state index is 12.9. The zero-order valence-electron chi connectivity index (χ0n) is 16.9. The van der Waals surface area contributed by atoms with E-state index in [1.54, 1.807) is 37.3 Å². The van der Waals surface area contributed by atoms with Crippen molar-refractivity contribution >= 4 is 39.1 Å². The van der Waals surface area contributed by atoms with Gasteiger partial charge in [0.05, 0.1) is 5.56 Å². The Morgan fingerprint density at radius 1 is 1.07 bits per heavy atom. The fraction of sp³-hybridized carbons (Fsp3) is 0.318. The monoisotopic (exact) mass is 425 g/mol. The Morgan fingerprint density at radius 3 is 2.63 bits per heavy atom. The summed E-state index contributed by atoms with van der Waals surface area (Å²) in [7, 11) is 3.48. The van der Waals surface area contributed by atoms with Crippen molar-refractivity contribution in [2.24, 2.45) is 0 Å². The van der Waals surface area contributed by atoms with Gasteiger partial charge in [0.1, 0.15) is 16.1 Å². The zero-order chi connectivity index (χ0) is 21.3. The first kappa shape index (κ1) is 20.3. The number of hydrogen-bond acceptors (Lipinski definition) is 6. The highest BCUT2D eigenvalue weighted by atomic mass is 32.1. The summed E-state index contributed by atoms with van der Waals surface area (Å²) >= 11 is 1.42.